The average Bonchev–Trinajstić information content (AvgIpc) is 2.68. The number of ether oxygens (including phenoxy) is 1. The highest BCUT2D eigenvalue weighted by Gasteiger charge is 2.26. The van der Waals surface area contributed by atoms with Crippen LogP contribution in [-0.4, -0.2) is 53.5 Å². The molecule has 1 aliphatic rings. The van der Waals surface area contributed by atoms with E-state index in [0.29, 0.717) is 24.0 Å². The van der Waals surface area contributed by atoms with Gasteiger partial charge in [-0.3, -0.25) is 14.7 Å². The number of piperazine rings is 1. The van der Waals surface area contributed by atoms with E-state index in [1.807, 2.05) is 48.4 Å². The van der Waals surface area contributed by atoms with Crippen molar-refractivity contribution < 1.29 is 9.53 Å². The van der Waals surface area contributed by atoms with Crippen molar-refractivity contribution in [2.24, 2.45) is 0 Å². The SMILES string of the molecule is CCOc1ccccc1C(=O)N1CCN(C(C)c2cccnc2)CC1. The molecule has 3 rings (SSSR count). The Morgan fingerprint density at radius 2 is 1.92 bits per heavy atom. The molecule has 1 unspecified atom stereocenters. The van der Waals surface area contributed by atoms with Gasteiger partial charge in [0.05, 0.1) is 12.2 Å². The van der Waals surface area contributed by atoms with Crippen molar-refractivity contribution in [3.8, 4) is 5.75 Å². The summed E-state index contributed by atoms with van der Waals surface area (Å²) in [5.74, 6) is 0.721. The van der Waals surface area contributed by atoms with E-state index in [1.54, 1.807) is 6.20 Å². The normalized spacial score (nSPS) is 16.5. The number of nitrogens with zero attached hydrogens (tertiary/aromatic N) is 3. The summed E-state index contributed by atoms with van der Waals surface area (Å²) in [5, 5.41) is 0. The third kappa shape index (κ3) is 3.99. The van der Waals surface area contributed by atoms with Crippen molar-refractivity contribution in [2.45, 2.75) is 19.9 Å². The molecule has 1 saturated heterocycles. The van der Waals surface area contributed by atoms with Gasteiger partial charge in [-0.1, -0.05) is 18.2 Å². The fourth-order valence-corrected chi connectivity index (χ4v) is 3.24. The molecule has 5 heteroatoms. The predicted octanol–water partition coefficient (Wildman–Crippen LogP) is 3.00. The van der Waals surface area contributed by atoms with Gasteiger partial charge in [-0.2, -0.15) is 0 Å². The van der Waals surface area contributed by atoms with Gasteiger partial charge in [0.15, 0.2) is 0 Å². The van der Waals surface area contributed by atoms with Gasteiger partial charge in [0.1, 0.15) is 5.75 Å². The van der Waals surface area contributed by atoms with Crippen molar-refractivity contribution in [1.82, 2.24) is 14.8 Å². The monoisotopic (exact) mass is 339 g/mol. The van der Waals surface area contributed by atoms with Crippen molar-refractivity contribution in [1.29, 1.82) is 0 Å². The van der Waals surface area contributed by atoms with Crippen LogP contribution < -0.4 is 4.74 Å². The third-order valence-electron chi connectivity index (χ3n) is 4.73. The van der Waals surface area contributed by atoms with Crippen molar-refractivity contribution in [2.75, 3.05) is 32.8 Å². The summed E-state index contributed by atoms with van der Waals surface area (Å²) < 4.78 is 5.60. The number of hydrogen-bond donors (Lipinski definition) is 0. The minimum Gasteiger partial charge on any atom is -0.493 e. The Morgan fingerprint density at radius 3 is 2.60 bits per heavy atom. The Bertz CT molecular complexity index is 697. The second kappa shape index (κ2) is 8.12. The molecular weight excluding hydrogens is 314 g/mol. The Labute approximate surface area is 149 Å². The molecule has 0 spiro atoms. The second-order valence-electron chi connectivity index (χ2n) is 6.22. The molecule has 1 fully saturated rings. The maximum atomic E-state index is 12.9. The van der Waals surface area contributed by atoms with Crippen LogP contribution in [0.4, 0.5) is 0 Å². The van der Waals surface area contributed by atoms with E-state index < -0.39 is 0 Å². The van der Waals surface area contributed by atoms with Crippen molar-refractivity contribution in [3.63, 3.8) is 0 Å². The van der Waals surface area contributed by atoms with Crippen LogP contribution in [0.5, 0.6) is 5.75 Å². The number of rotatable bonds is 5. The van der Waals surface area contributed by atoms with Crippen LogP contribution in [0.15, 0.2) is 48.8 Å². The standard InChI is InChI=1S/C20H25N3O2/c1-3-25-19-9-5-4-8-18(19)20(24)23-13-11-22(12-14-23)16(2)17-7-6-10-21-15-17/h4-10,15-16H,3,11-14H2,1-2H3. The van der Waals surface area contributed by atoms with Gasteiger partial charge in [-0.15, -0.1) is 0 Å². The molecule has 0 saturated carbocycles. The van der Waals surface area contributed by atoms with E-state index in [0.717, 1.165) is 26.2 Å². The molecule has 1 aromatic carbocycles. The largest absolute Gasteiger partial charge is 0.493 e. The first-order valence-corrected chi connectivity index (χ1v) is 8.85. The first-order valence-electron chi connectivity index (χ1n) is 8.85. The summed E-state index contributed by atoms with van der Waals surface area (Å²) in [6, 6.07) is 11.9. The van der Waals surface area contributed by atoms with Crippen LogP contribution in [0.2, 0.25) is 0 Å². The zero-order chi connectivity index (χ0) is 17.6. The van der Waals surface area contributed by atoms with Gasteiger partial charge in [-0.25, -0.2) is 0 Å². The number of hydrogen-bond acceptors (Lipinski definition) is 4. The second-order valence-corrected chi connectivity index (χ2v) is 6.22. The summed E-state index contributed by atoms with van der Waals surface area (Å²) in [6.45, 7) is 7.85. The lowest BCUT2D eigenvalue weighted by Crippen LogP contribution is -2.49. The van der Waals surface area contributed by atoms with Crippen molar-refractivity contribution in [3.05, 3.63) is 59.9 Å². The van der Waals surface area contributed by atoms with E-state index in [4.69, 9.17) is 4.74 Å². The number of carbonyl (C=O) groups is 1. The van der Waals surface area contributed by atoms with Crippen molar-refractivity contribution >= 4 is 5.91 Å². The molecule has 1 amide bonds. The van der Waals surface area contributed by atoms with E-state index in [2.05, 4.69) is 22.9 Å². The van der Waals surface area contributed by atoms with Gasteiger partial charge < -0.3 is 9.64 Å². The van der Waals surface area contributed by atoms with Crippen LogP contribution in [0.1, 0.15) is 35.8 Å². The number of para-hydroxylation sites is 1. The van der Waals surface area contributed by atoms with Crippen LogP contribution in [0, 0.1) is 0 Å². The molecule has 1 aliphatic heterocycles. The molecule has 0 aliphatic carbocycles. The Kier molecular flexibility index (Phi) is 5.66. The highest BCUT2D eigenvalue weighted by Crippen LogP contribution is 2.23. The molecule has 25 heavy (non-hydrogen) atoms. The zero-order valence-electron chi connectivity index (χ0n) is 14.9. The Hall–Kier alpha value is -2.40. The zero-order valence-corrected chi connectivity index (χ0v) is 14.9. The molecule has 0 bridgehead atoms. The maximum absolute atomic E-state index is 12.9. The van der Waals surface area contributed by atoms with Gasteiger partial charge >= 0.3 is 0 Å². The van der Waals surface area contributed by atoms with E-state index >= 15 is 0 Å². The summed E-state index contributed by atoms with van der Waals surface area (Å²) in [5.41, 5.74) is 1.86. The van der Waals surface area contributed by atoms with E-state index in [-0.39, 0.29) is 5.91 Å². The minimum atomic E-state index is 0.0535. The highest BCUT2D eigenvalue weighted by molar-refractivity contribution is 5.97. The quantitative estimate of drug-likeness (QED) is 0.840. The molecule has 0 radical (unpaired) electrons. The van der Waals surface area contributed by atoms with Crippen LogP contribution in [-0.2, 0) is 0 Å². The van der Waals surface area contributed by atoms with E-state index in [9.17, 15) is 4.79 Å². The fraction of sp³-hybridized carbons (Fsp3) is 0.400. The lowest BCUT2D eigenvalue weighted by Gasteiger charge is -2.38. The van der Waals surface area contributed by atoms with Crippen LogP contribution in [0.25, 0.3) is 0 Å². The Morgan fingerprint density at radius 1 is 1.16 bits per heavy atom. The number of benzene rings is 1. The number of aromatic nitrogens is 1. The van der Waals surface area contributed by atoms with Gasteiger partial charge in [0.2, 0.25) is 0 Å². The third-order valence-corrected chi connectivity index (χ3v) is 4.73. The average molecular weight is 339 g/mol. The number of amides is 1. The summed E-state index contributed by atoms with van der Waals surface area (Å²) in [6.07, 6.45) is 3.71. The number of carbonyl (C=O) groups excluding carboxylic acids is 1. The lowest BCUT2D eigenvalue weighted by molar-refractivity contribution is 0.0578. The summed E-state index contributed by atoms with van der Waals surface area (Å²) in [4.78, 5) is 21.4. The molecule has 5 nitrogen and oxygen atoms in total. The van der Waals surface area contributed by atoms with Gasteiger partial charge in [0.25, 0.3) is 5.91 Å². The molecule has 1 atom stereocenters. The molecule has 2 heterocycles. The first kappa shape index (κ1) is 17.4. The summed E-state index contributed by atoms with van der Waals surface area (Å²) >= 11 is 0. The molecular formula is C20H25N3O2. The van der Waals surface area contributed by atoms with Gasteiger partial charge in [-0.05, 0) is 37.6 Å². The number of pyridine rings is 1. The smallest absolute Gasteiger partial charge is 0.257 e. The molecule has 0 N–H and O–H groups in total. The lowest BCUT2D eigenvalue weighted by atomic mass is 10.1. The summed E-state index contributed by atoms with van der Waals surface area (Å²) in [7, 11) is 0. The molecule has 1 aromatic heterocycles. The molecule has 2 aromatic rings. The minimum absolute atomic E-state index is 0.0535. The van der Waals surface area contributed by atoms with Crippen LogP contribution in [0.3, 0.4) is 0 Å². The molecule has 132 valence electrons. The Balaban J connectivity index is 1.63. The first-order chi connectivity index (χ1) is 12.2. The maximum Gasteiger partial charge on any atom is 0.257 e. The van der Waals surface area contributed by atoms with Crippen LogP contribution >= 0.6 is 0 Å². The predicted molar refractivity (Wildman–Crippen MR) is 97.7 cm³/mol. The van der Waals surface area contributed by atoms with E-state index in [1.165, 1.54) is 5.56 Å². The van der Waals surface area contributed by atoms with Gasteiger partial charge in [0, 0.05) is 44.6 Å². The fourth-order valence-electron chi connectivity index (χ4n) is 3.24. The highest BCUT2D eigenvalue weighted by atomic mass is 16.5. The topological polar surface area (TPSA) is 45.7 Å².